The zero-order valence-corrected chi connectivity index (χ0v) is 9.73. The lowest BCUT2D eigenvalue weighted by Crippen LogP contribution is -2.00. The highest BCUT2D eigenvalue weighted by Crippen LogP contribution is 2.14. The first-order valence-corrected chi connectivity index (χ1v) is 5.58. The van der Waals surface area contributed by atoms with Crippen LogP contribution in [0.5, 0.6) is 0 Å². The summed E-state index contributed by atoms with van der Waals surface area (Å²) >= 11 is 0. The second-order valence-corrected chi connectivity index (χ2v) is 3.98. The van der Waals surface area contributed by atoms with Crippen molar-refractivity contribution in [3.63, 3.8) is 0 Å². The number of nitrogens with two attached hydrogens (primary N) is 1. The minimum atomic E-state index is -0.274. The minimum absolute atomic E-state index is 0.274. The fourth-order valence-corrected chi connectivity index (χ4v) is 1.64. The van der Waals surface area contributed by atoms with E-state index in [0.717, 1.165) is 29.8 Å². The monoisotopic (exact) mass is 234 g/mol. The third-order valence-corrected chi connectivity index (χ3v) is 2.60. The summed E-state index contributed by atoms with van der Waals surface area (Å²) in [4.78, 5) is 0. The van der Waals surface area contributed by atoms with E-state index in [2.05, 4.69) is 10.3 Å². The van der Waals surface area contributed by atoms with E-state index in [0.29, 0.717) is 6.54 Å². The summed E-state index contributed by atoms with van der Waals surface area (Å²) in [7, 11) is 0. The van der Waals surface area contributed by atoms with Crippen LogP contribution in [0.15, 0.2) is 24.4 Å². The number of rotatable bonds is 4. The van der Waals surface area contributed by atoms with Gasteiger partial charge in [-0.2, -0.15) is 0 Å². The molecule has 0 fully saturated rings. The van der Waals surface area contributed by atoms with Crippen molar-refractivity contribution in [2.24, 2.45) is 5.73 Å². The smallest absolute Gasteiger partial charge is 0.125 e. The average Bonchev–Trinajstić information content (AvgIpc) is 2.78. The molecule has 4 nitrogen and oxygen atoms in total. The van der Waals surface area contributed by atoms with Gasteiger partial charge in [0.15, 0.2) is 0 Å². The first kappa shape index (κ1) is 11.7. The van der Waals surface area contributed by atoms with Crippen LogP contribution in [0.25, 0.3) is 5.69 Å². The largest absolute Gasteiger partial charge is 0.330 e. The first-order chi connectivity index (χ1) is 8.20. The van der Waals surface area contributed by atoms with Gasteiger partial charge in [-0.15, -0.1) is 5.10 Å². The summed E-state index contributed by atoms with van der Waals surface area (Å²) in [5.74, 6) is -0.274. The Kier molecular flexibility index (Phi) is 3.49. The molecule has 0 aliphatic rings. The van der Waals surface area contributed by atoms with Gasteiger partial charge in [0.2, 0.25) is 0 Å². The number of halogens is 1. The molecular weight excluding hydrogens is 219 g/mol. The predicted molar refractivity (Wildman–Crippen MR) is 63.4 cm³/mol. The number of hydrogen-bond acceptors (Lipinski definition) is 3. The van der Waals surface area contributed by atoms with Crippen molar-refractivity contribution < 1.29 is 4.39 Å². The van der Waals surface area contributed by atoms with Gasteiger partial charge < -0.3 is 5.73 Å². The van der Waals surface area contributed by atoms with Crippen LogP contribution in [0.3, 0.4) is 0 Å². The molecule has 1 aromatic heterocycles. The third-order valence-electron chi connectivity index (χ3n) is 2.60. The van der Waals surface area contributed by atoms with Crippen LogP contribution >= 0.6 is 0 Å². The van der Waals surface area contributed by atoms with E-state index in [1.54, 1.807) is 10.7 Å². The molecule has 17 heavy (non-hydrogen) atoms. The zero-order valence-electron chi connectivity index (χ0n) is 9.73. The molecule has 2 N–H and O–H groups in total. The standard InChI is InChI=1S/C12H15FN4/c1-9-4-5-10(13)7-12(9)17-8-11(15-16-17)3-2-6-14/h4-5,7-8H,2-3,6,14H2,1H3. The van der Waals surface area contributed by atoms with Gasteiger partial charge in [-0.05, 0) is 44.0 Å². The molecule has 0 spiro atoms. The fourth-order valence-electron chi connectivity index (χ4n) is 1.64. The van der Waals surface area contributed by atoms with Crippen LogP contribution in [0, 0.1) is 12.7 Å². The van der Waals surface area contributed by atoms with E-state index in [1.807, 2.05) is 13.1 Å². The molecule has 0 unspecified atom stereocenters. The van der Waals surface area contributed by atoms with E-state index in [-0.39, 0.29) is 5.82 Å². The molecule has 0 saturated heterocycles. The Balaban J connectivity index is 2.27. The van der Waals surface area contributed by atoms with Crippen molar-refractivity contribution in [1.82, 2.24) is 15.0 Å². The van der Waals surface area contributed by atoms with Gasteiger partial charge in [-0.25, -0.2) is 9.07 Å². The van der Waals surface area contributed by atoms with Crippen LogP contribution in [0.1, 0.15) is 17.7 Å². The van der Waals surface area contributed by atoms with Crippen molar-refractivity contribution in [2.45, 2.75) is 19.8 Å². The maximum Gasteiger partial charge on any atom is 0.125 e. The van der Waals surface area contributed by atoms with E-state index in [9.17, 15) is 4.39 Å². The van der Waals surface area contributed by atoms with Crippen LogP contribution in [-0.4, -0.2) is 21.5 Å². The Morgan fingerprint density at radius 3 is 3.00 bits per heavy atom. The van der Waals surface area contributed by atoms with Crippen molar-refractivity contribution in [3.05, 3.63) is 41.5 Å². The molecule has 0 aliphatic carbocycles. The molecule has 0 amide bonds. The van der Waals surface area contributed by atoms with Gasteiger partial charge >= 0.3 is 0 Å². The summed E-state index contributed by atoms with van der Waals surface area (Å²) in [6.07, 6.45) is 3.49. The summed E-state index contributed by atoms with van der Waals surface area (Å²) in [5.41, 5.74) is 7.99. The average molecular weight is 234 g/mol. The van der Waals surface area contributed by atoms with E-state index < -0.39 is 0 Å². The maximum atomic E-state index is 13.2. The Labute approximate surface area is 99.2 Å². The molecule has 0 radical (unpaired) electrons. The lowest BCUT2D eigenvalue weighted by atomic mass is 10.2. The number of aromatic nitrogens is 3. The maximum absolute atomic E-state index is 13.2. The molecule has 90 valence electrons. The SMILES string of the molecule is Cc1ccc(F)cc1-n1cc(CCCN)nn1. The Morgan fingerprint density at radius 2 is 2.24 bits per heavy atom. The number of hydrogen-bond donors (Lipinski definition) is 1. The summed E-state index contributed by atoms with van der Waals surface area (Å²) < 4.78 is 14.8. The quantitative estimate of drug-likeness (QED) is 0.874. The molecule has 0 atom stereocenters. The van der Waals surface area contributed by atoms with Crippen molar-refractivity contribution in [2.75, 3.05) is 6.54 Å². The van der Waals surface area contributed by atoms with E-state index in [4.69, 9.17) is 5.73 Å². The third kappa shape index (κ3) is 2.68. The highest BCUT2D eigenvalue weighted by atomic mass is 19.1. The van der Waals surface area contributed by atoms with Gasteiger partial charge in [0.1, 0.15) is 5.82 Å². The fraction of sp³-hybridized carbons (Fsp3) is 0.333. The Bertz CT molecular complexity index is 507. The van der Waals surface area contributed by atoms with Gasteiger partial charge in [0.05, 0.1) is 17.6 Å². The van der Waals surface area contributed by atoms with Crippen LogP contribution in [0.4, 0.5) is 4.39 Å². The van der Waals surface area contributed by atoms with Crippen molar-refractivity contribution in [3.8, 4) is 5.69 Å². The van der Waals surface area contributed by atoms with Gasteiger partial charge in [-0.3, -0.25) is 0 Å². The van der Waals surface area contributed by atoms with Gasteiger partial charge in [0, 0.05) is 0 Å². The number of benzene rings is 1. The summed E-state index contributed by atoms with van der Waals surface area (Å²) in [5, 5.41) is 8.04. The Hall–Kier alpha value is -1.75. The van der Waals surface area contributed by atoms with E-state index in [1.165, 1.54) is 12.1 Å². The zero-order chi connectivity index (χ0) is 12.3. The molecule has 2 aromatic rings. The highest BCUT2D eigenvalue weighted by Gasteiger charge is 2.06. The highest BCUT2D eigenvalue weighted by molar-refractivity contribution is 5.39. The van der Waals surface area contributed by atoms with Crippen molar-refractivity contribution >= 4 is 0 Å². The van der Waals surface area contributed by atoms with E-state index >= 15 is 0 Å². The summed E-state index contributed by atoms with van der Waals surface area (Å²) in [6.45, 7) is 2.54. The van der Waals surface area contributed by atoms with Crippen LogP contribution in [-0.2, 0) is 6.42 Å². The first-order valence-electron chi connectivity index (χ1n) is 5.58. The summed E-state index contributed by atoms with van der Waals surface area (Å²) in [6, 6.07) is 4.62. The second-order valence-electron chi connectivity index (χ2n) is 3.98. The van der Waals surface area contributed by atoms with Gasteiger partial charge in [0.25, 0.3) is 0 Å². The van der Waals surface area contributed by atoms with Crippen LogP contribution in [0.2, 0.25) is 0 Å². The van der Waals surface area contributed by atoms with Crippen molar-refractivity contribution in [1.29, 1.82) is 0 Å². The Morgan fingerprint density at radius 1 is 1.41 bits per heavy atom. The predicted octanol–water partition coefficient (Wildman–Crippen LogP) is 1.61. The van der Waals surface area contributed by atoms with Gasteiger partial charge in [-0.1, -0.05) is 11.3 Å². The molecule has 2 rings (SSSR count). The minimum Gasteiger partial charge on any atom is -0.330 e. The molecule has 1 aromatic carbocycles. The lowest BCUT2D eigenvalue weighted by Gasteiger charge is -2.04. The molecule has 1 heterocycles. The number of aryl methyl sites for hydroxylation is 2. The molecule has 5 heteroatoms. The van der Waals surface area contributed by atoms with Crippen LogP contribution < -0.4 is 5.73 Å². The normalized spacial score (nSPS) is 10.8. The molecular formula is C12H15FN4. The molecule has 0 saturated carbocycles. The second kappa shape index (κ2) is 5.05. The number of nitrogens with zero attached hydrogens (tertiary/aromatic N) is 3. The topological polar surface area (TPSA) is 56.7 Å². The lowest BCUT2D eigenvalue weighted by molar-refractivity contribution is 0.624. The molecule has 0 aliphatic heterocycles. The molecule has 0 bridgehead atoms.